The molecule has 3 fully saturated rings. The number of carbonyl (C=O) groups excluding carboxylic acids is 2. The van der Waals surface area contributed by atoms with Gasteiger partial charge in [0, 0.05) is 12.1 Å². The highest BCUT2D eigenvalue weighted by atomic mass is 16.5. The molecule has 2 amide bonds. The van der Waals surface area contributed by atoms with Gasteiger partial charge in [0.15, 0.2) is 0 Å². The van der Waals surface area contributed by atoms with E-state index < -0.39 is 52.5 Å². The van der Waals surface area contributed by atoms with Gasteiger partial charge in [-0.3, -0.25) is 14.4 Å². The van der Waals surface area contributed by atoms with Gasteiger partial charge in [0.25, 0.3) is 0 Å². The molecule has 1 aromatic carbocycles. The Morgan fingerprint density at radius 2 is 1.94 bits per heavy atom. The van der Waals surface area contributed by atoms with E-state index in [-0.39, 0.29) is 19.1 Å². The number of fused-ring (bicyclic) bond motifs is 1. The minimum absolute atomic E-state index is 0.269. The maximum atomic E-state index is 14.4. The van der Waals surface area contributed by atoms with Crippen molar-refractivity contribution in [3.8, 4) is 0 Å². The molecule has 0 aliphatic carbocycles. The molecule has 1 aromatic rings. The number of hydrogen-bond donors (Lipinski definition) is 2. The number of benzene rings is 1. The average Bonchev–Trinajstić information content (AvgIpc) is 3.44. The van der Waals surface area contributed by atoms with Crippen LogP contribution >= 0.6 is 0 Å². The predicted octanol–water partition coefficient (Wildman–Crippen LogP) is 2.64. The van der Waals surface area contributed by atoms with Crippen molar-refractivity contribution < 1.29 is 29.3 Å². The number of aliphatic hydroxyl groups is 1. The summed E-state index contributed by atoms with van der Waals surface area (Å²) in [7, 11) is 0. The smallest absolute Gasteiger partial charge is 0.310 e. The summed E-state index contributed by atoms with van der Waals surface area (Å²) in [6, 6.07) is 7.74. The fourth-order valence-electron chi connectivity index (χ4n) is 6.81. The maximum Gasteiger partial charge on any atom is 0.310 e. The van der Waals surface area contributed by atoms with Crippen LogP contribution in [-0.2, 0) is 25.5 Å². The molecule has 2 unspecified atom stereocenters. The summed E-state index contributed by atoms with van der Waals surface area (Å²) in [5.74, 6) is -3.82. The maximum absolute atomic E-state index is 14.4. The summed E-state index contributed by atoms with van der Waals surface area (Å²) in [5.41, 5.74) is -1.89. The van der Waals surface area contributed by atoms with Crippen LogP contribution in [0.3, 0.4) is 0 Å². The monoisotopic (exact) mass is 498 g/mol. The molecule has 6 atom stereocenters. The Kier molecular flexibility index (Phi) is 6.81. The third-order valence-corrected chi connectivity index (χ3v) is 8.42. The lowest BCUT2D eigenvalue weighted by Crippen LogP contribution is -2.62. The lowest BCUT2D eigenvalue weighted by atomic mass is 9.65. The Morgan fingerprint density at radius 3 is 2.47 bits per heavy atom. The average molecular weight is 499 g/mol. The van der Waals surface area contributed by atoms with Crippen LogP contribution in [0.25, 0.3) is 0 Å². The quantitative estimate of drug-likeness (QED) is 0.507. The van der Waals surface area contributed by atoms with Crippen LogP contribution in [-0.4, -0.2) is 79.8 Å². The Balaban J connectivity index is 1.86. The number of hydrogen-bond acceptors (Lipinski definition) is 5. The van der Waals surface area contributed by atoms with Crippen LogP contribution in [0.5, 0.6) is 0 Å². The molecule has 8 heteroatoms. The Bertz CT molecular complexity index is 1040. The molecule has 0 radical (unpaired) electrons. The molecule has 3 saturated heterocycles. The van der Waals surface area contributed by atoms with E-state index in [9.17, 15) is 24.6 Å². The Hall–Kier alpha value is -2.71. The third-order valence-electron chi connectivity index (χ3n) is 8.42. The Labute approximate surface area is 212 Å². The molecule has 3 aliphatic rings. The zero-order valence-corrected chi connectivity index (χ0v) is 21.6. The molecular formula is C28H38N2O6. The van der Waals surface area contributed by atoms with Crippen molar-refractivity contribution in [2.45, 2.75) is 82.2 Å². The number of carboxylic acids is 1. The van der Waals surface area contributed by atoms with Gasteiger partial charge in [-0.2, -0.15) is 0 Å². The fraction of sp³-hybridized carbons (Fsp3) is 0.607. The van der Waals surface area contributed by atoms with E-state index in [0.717, 1.165) is 5.56 Å². The lowest BCUT2D eigenvalue weighted by molar-refractivity contribution is -0.161. The van der Waals surface area contributed by atoms with E-state index in [4.69, 9.17) is 4.74 Å². The van der Waals surface area contributed by atoms with Gasteiger partial charge in [-0.15, -0.1) is 6.58 Å². The second kappa shape index (κ2) is 9.30. The number of carboxylic acid groups (broad SMARTS) is 1. The largest absolute Gasteiger partial charge is 0.481 e. The highest BCUT2D eigenvalue weighted by Gasteiger charge is 2.79. The van der Waals surface area contributed by atoms with Crippen molar-refractivity contribution in [1.82, 2.24) is 9.80 Å². The number of aliphatic carboxylic acids is 1. The van der Waals surface area contributed by atoms with Crippen LogP contribution in [0.15, 0.2) is 43.0 Å². The van der Waals surface area contributed by atoms with E-state index in [1.807, 2.05) is 58.0 Å². The SMILES string of the molecule is C=CCN(C(=O)C1N([C@@H](CO)Cc2ccccc2)C(=O)[C@@H]2[C@@H](C(=O)O)[C@@]3(CC)CCC12O3)C(C)(C)C. The second-order valence-corrected chi connectivity index (χ2v) is 11.4. The summed E-state index contributed by atoms with van der Waals surface area (Å²) >= 11 is 0. The number of nitrogens with zero attached hydrogens (tertiary/aromatic N) is 2. The third kappa shape index (κ3) is 3.86. The second-order valence-electron chi connectivity index (χ2n) is 11.4. The molecular weight excluding hydrogens is 460 g/mol. The molecule has 0 aromatic heterocycles. The minimum atomic E-state index is -1.25. The lowest BCUT2D eigenvalue weighted by Gasteiger charge is -2.43. The molecule has 36 heavy (non-hydrogen) atoms. The zero-order chi connectivity index (χ0) is 26.5. The number of aliphatic hydroxyl groups excluding tert-OH is 1. The molecule has 4 rings (SSSR count). The normalized spacial score (nSPS) is 31.9. The summed E-state index contributed by atoms with van der Waals surface area (Å²) in [6.45, 7) is 11.3. The minimum Gasteiger partial charge on any atom is -0.481 e. The van der Waals surface area contributed by atoms with Crippen molar-refractivity contribution in [2.24, 2.45) is 11.8 Å². The molecule has 3 heterocycles. The molecule has 0 saturated carbocycles. The van der Waals surface area contributed by atoms with Crippen LogP contribution in [0.2, 0.25) is 0 Å². The zero-order valence-electron chi connectivity index (χ0n) is 21.6. The fourth-order valence-corrected chi connectivity index (χ4v) is 6.81. The van der Waals surface area contributed by atoms with Gasteiger partial charge in [0.1, 0.15) is 17.6 Å². The number of ether oxygens (including phenoxy) is 1. The van der Waals surface area contributed by atoms with Crippen LogP contribution in [0.1, 0.15) is 52.5 Å². The summed E-state index contributed by atoms with van der Waals surface area (Å²) in [4.78, 5) is 44.2. The molecule has 196 valence electrons. The number of rotatable bonds is 9. The standard InChI is InChI=1S/C28H38N2O6/c1-6-15-29(26(3,4)5)24(33)22-28-14-13-27(7-2,36-28)21(25(34)35)20(28)23(32)30(22)19(17-31)16-18-11-9-8-10-12-18/h6,8-12,19-22,31H,1,7,13-17H2,2-5H3,(H,34,35)/t19-,20+,21+,22?,27-,28?/m1/s1. The van der Waals surface area contributed by atoms with Crippen LogP contribution < -0.4 is 0 Å². The first kappa shape index (κ1) is 26.4. The van der Waals surface area contributed by atoms with Gasteiger partial charge >= 0.3 is 5.97 Å². The molecule has 3 aliphatic heterocycles. The predicted molar refractivity (Wildman–Crippen MR) is 134 cm³/mol. The van der Waals surface area contributed by atoms with Crippen LogP contribution in [0, 0.1) is 11.8 Å². The first-order valence-electron chi connectivity index (χ1n) is 12.8. The number of amides is 2. The van der Waals surface area contributed by atoms with Crippen molar-refractivity contribution in [3.63, 3.8) is 0 Å². The molecule has 2 bridgehead atoms. The van der Waals surface area contributed by atoms with E-state index in [2.05, 4.69) is 6.58 Å². The van der Waals surface area contributed by atoms with E-state index in [1.54, 1.807) is 11.0 Å². The van der Waals surface area contributed by atoms with Crippen LogP contribution in [0.4, 0.5) is 0 Å². The van der Waals surface area contributed by atoms with Crippen molar-refractivity contribution in [1.29, 1.82) is 0 Å². The summed E-state index contributed by atoms with van der Waals surface area (Å²) in [6.07, 6.45) is 3.32. The van der Waals surface area contributed by atoms with E-state index in [1.165, 1.54) is 4.90 Å². The summed E-state index contributed by atoms with van der Waals surface area (Å²) < 4.78 is 6.62. The summed E-state index contributed by atoms with van der Waals surface area (Å²) in [5, 5.41) is 20.7. The van der Waals surface area contributed by atoms with Crippen molar-refractivity contribution in [3.05, 3.63) is 48.6 Å². The van der Waals surface area contributed by atoms with Crippen molar-refractivity contribution in [2.75, 3.05) is 13.2 Å². The topological polar surface area (TPSA) is 107 Å². The van der Waals surface area contributed by atoms with E-state index >= 15 is 0 Å². The highest BCUT2D eigenvalue weighted by molar-refractivity contribution is 5.98. The number of likely N-dealkylation sites (tertiary alicyclic amines) is 1. The molecule has 2 N–H and O–H groups in total. The van der Waals surface area contributed by atoms with Gasteiger partial charge in [-0.05, 0) is 52.0 Å². The van der Waals surface area contributed by atoms with Gasteiger partial charge in [0.2, 0.25) is 11.8 Å². The number of carbonyl (C=O) groups is 3. The molecule has 8 nitrogen and oxygen atoms in total. The van der Waals surface area contributed by atoms with Crippen molar-refractivity contribution >= 4 is 17.8 Å². The van der Waals surface area contributed by atoms with Gasteiger partial charge in [-0.25, -0.2) is 0 Å². The van der Waals surface area contributed by atoms with Gasteiger partial charge < -0.3 is 24.7 Å². The Morgan fingerprint density at radius 1 is 1.28 bits per heavy atom. The van der Waals surface area contributed by atoms with Gasteiger partial charge in [0.05, 0.1) is 24.2 Å². The first-order valence-corrected chi connectivity index (χ1v) is 12.8. The highest BCUT2D eigenvalue weighted by Crippen LogP contribution is 2.64. The van der Waals surface area contributed by atoms with Gasteiger partial charge in [-0.1, -0.05) is 43.3 Å². The first-order chi connectivity index (χ1) is 17.0. The van der Waals surface area contributed by atoms with E-state index in [0.29, 0.717) is 25.7 Å². The molecule has 1 spiro atoms.